The summed E-state index contributed by atoms with van der Waals surface area (Å²) in [4.78, 5) is 27.5. The van der Waals surface area contributed by atoms with Crippen molar-refractivity contribution < 1.29 is 32.6 Å². The molecule has 0 aromatic heterocycles. The minimum atomic E-state index is -4.58. The second-order valence-electron chi connectivity index (χ2n) is 8.00. The molecular weight excluding hydrogens is 518 g/mol. The Hall–Kier alpha value is -3.49. The van der Waals surface area contributed by atoms with Crippen molar-refractivity contribution in [1.82, 2.24) is 4.90 Å². The molecule has 0 spiro atoms. The van der Waals surface area contributed by atoms with Crippen LogP contribution in [0, 0.1) is 0 Å². The summed E-state index contributed by atoms with van der Waals surface area (Å²) in [6.45, 7) is -0.307. The predicted octanol–water partition coefficient (Wildman–Crippen LogP) is 6.64. The Labute approximate surface area is 214 Å². The van der Waals surface area contributed by atoms with Gasteiger partial charge in [0.2, 0.25) is 0 Å². The van der Waals surface area contributed by atoms with E-state index in [1.807, 2.05) is 0 Å². The summed E-state index contributed by atoms with van der Waals surface area (Å²) in [6.07, 6.45) is -4.58. The standard InChI is InChI=1S/C26H18Cl2F3NO4/c1-36-24-18(11-17(27)12-19(24)28)22(33)20-21(15-7-3-2-4-8-15)32(25(35)23(20)34)13-14-6-5-9-16(10-14)26(29,30)31/h2-12,21,33H,13H2,1H3/b22-20+. The zero-order valence-electron chi connectivity index (χ0n) is 18.6. The largest absolute Gasteiger partial charge is 0.507 e. The van der Waals surface area contributed by atoms with E-state index in [4.69, 9.17) is 27.9 Å². The summed E-state index contributed by atoms with van der Waals surface area (Å²) in [6, 6.07) is 14.5. The van der Waals surface area contributed by atoms with Crippen LogP contribution in [0.3, 0.4) is 0 Å². The smallest absolute Gasteiger partial charge is 0.416 e. The van der Waals surface area contributed by atoms with Crippen LogP contribution in [0.1, 0.15) is 28.3 Å². The molecule has 186 valence electrons. The minimum absolute atomic E-state index is 0.00648. The topological polar surface area (TPSA) is 66.8 Å². The molecule has 0 radical (unpaired) electrons. The second kappa shape index (κ2) is 9.87. The number of ketones is 1. The number of halogens is 5. The average molecular weight is 536 g/mol. The first kappa shape index (κ1) is 25.6. The Kier molecular flexibility index (Phi) is 7.02. The highest BCUT2D eigenvalue weighted by molar-refractivity contribution is 6.46. The number of ether oxygens (including phenoxy) is 1. The van der Waals surface area contributed by atoms with Crippen LogP contribution >= 0.6 is 23.2 Å². The third-order valence-corrected chi connectivity index (χ3v) is 6.23. The number of hydrogen-bond acceptors (Lipinski definition) is 4. The molecule has 1 fully saturated rings. The van der Waals surface area contributed by atoms with E-state index in [9.17, 15) is 27.9 Å². The molecule has 1 amide bonds. The van der Waals surface area contributed by atoms with E-state index in [-0.39, 0.29) is 39.0 Å². The zero-order chi connectivity index (χ0) is 26.2. The lowest BCUT2D eigenvalue weighted by Crippen LogP contribution is -2.29. The third kappa shape index (κ3) is 4.79. The molecule has 1 N–H and O–H groups in total. The van der Waals surface area contributed by atoms with Gasteiger partial charge in [-0.05, 0) is 35.4 Å². The Morgan fingerprint density at radius 2 is 1.72 bits per heavy atom. The lowest BCUT2D eigenvalue weighted by molar-refractivity contribution is -0.140. The molecule has 1 atom stereocenters. The lowest BCUT2D eigenvalue weighted by Gasteiger charge is -2.26. The number of methoxy groups -OCH3 is 1. The molecule has 0 bridgehead atoms. The van der Waals surface area contributed by atoms with Gasteiger partial charge in [0.1, 0.15) is 11.5 Å². The van der Waals surface area contributed by atoms with E-state index in [2.05, 4.69) is 0 Å². The van der Waals surface area contributed by atoms with Gasteiger partial charge in [0.05, 0.1) is 34.9 Å². The number of aliphatic hydroxyl groups is 1. The Morgan fingerprint density at radius 1 is 1.03 bits per heavy atom. The number of alkyl halides is 3. The molecule has 1 aliphatic heterocycles. The molecule has 5 nitrogen and oxygen atoms in total. The van der Waals surface area contributed by atoms with Crippen LogP contribution in [0.15, 0.2) is 72.3 Å². The van der Waals surface area contributed by atoms with Crippen LogP contribution in [0.2, 0.25) is 10.0 Å². The van der Waals surface area contributed by atoms with Gasteiger partial charge in [-0.15, -0.1) is 0 Å². The maximum absolute atomic E-state index is 13.2. The Bertz CT molecular complexity index is 1370. The Balaban J connectivity index is 1.89. The molecule has 1 unspecified atom stereocenters. The van der Waals surface area contributed by atoms with Crippen LogP contribution in [0.5, 0.6) is 5.75 Å². The number of hydrogen-bond donors (Lipinski definition) is 1. The summed E-state index contributed by atoms with van der Waals surface area (Å²) in [7, 11) is 1.31. The number of rotatable bonds is 5. The van der Waals surface area contributed by atoms with E-state index < -0.39 is 35.2 Å². The maximum atomic E-state index is 13.2. The van der Waals surface area contributed by atoms with Crippen molar-refractivity contribution in [1.29, 1.82) is 0 Å². The number of carbonyl (C=O) groups excluding carboxylic acids is 2. The van der Waals surface area contributed by atoms with Crippen LogP contribution in [-0.4, -0.2) is 28.8 Å². The highest BCUT2D eigenvalue weighted by atomic mass is 35.5. The number of nitrogens with zero attached hydrogens (tertiary/aromatic N) is 1. The number of carbonyl (C=O) groups is 2. The normalized spacial score (nSPS) is 17.5. The molecule has 4 rings (SSSR count). The maximum Gasteiger partial charge on any atom is 0.416 e. The van der Waals surface area contributed by atoms with Crippen molar-refractivity contribution in [3.05, 3.63) is 105 Å². The number of amides is 1. The molecule has 0 aliphatic carbocycles. The van der Waals surface area contributed by atoms with Gasteiger partial charge in [-0.3, -0.25) is 9.59 Å². The summed E-state index contributed by atoms with van der Waals surface area (Å²) >= 11 is 12.3. The Morgan fingerprint density at radius 3 is 2.36 bits per heavy atom. The molecule has 1 heterocycles. The number of Topliss-reactive ketones (excluding diaryl/α,β-unsaturated/α-hetero) is 1. The summed E-state index contributed by atoms with van der Waals surface area (Å²) in [5.74, 6) is -2.52. The fourth-order valence-electron chi connectivity index (χ4n) is 4.16. The first-order valence-corrected chi connectivity index (χ1v) is 11.3. The predicted molar refractivity (Wildman–Crippen MR) is 129 cm³/mol. The quantitative estimate of drug-likeness (QED) is 0.226. The lowest BCUT2D eigenvalue weighted by atomic mass is 9.95. The molecule has 3 aromatic rings. The molecule has 36 heavy (non-hydrogen) atoms. The van der Waals surface area contributed by atoms with E-state index in [0.717, 1.165) is 17.0 Å². The van der Waals surface area contributed by atoms with Gasteiger partial charge in [-0.1, -0.05) is 65.7 Å². The van der Waals surface area contributed by atoms with E-state index >= 15 is 0 Å². The van der Waals surface area contributed by atoms with E-state index in [1.54, 1.807) is 30.3 Å². The van der Waals surface area contributed by atoms with Crippen LogP contribution in [-0.2, 0) is 22.3 Å². The fraction of sp³-hybridized carbons (Fsp3) is 0.154. The number of likely N-dealkylation sites (tertiary alicyclic amines) is 1. The molecule has 0 saturated carbocycles. The average Bonchev–Trinajstić information content (AvgIpc) is 3.08. The fourth-order valence-corrected chi connectivity index (χ4v) is 4.73. The second-order valence-corrected chi connectivity index (χ2v) is 8.85. The first-order chi connectivity index (χ1) is 17.0. The van der Waals surface area contributed by atoms with Crippen LogP contribution < -0.4 is 4.74 Å². The van der Waals surface area contributed by atoms with Crippen molar-refractivity contribution in [2.24, 2.45) is 0 Å². The van der Waals surface area contributed by atoms with E-state index in [0.29, 0.717) is 5.56 Å². The van der Waals surface area contributed by atoms with Crippen LogP contribution in [0.4, 0.5) is 13.2 Å². The minimum Gasteiger partial charge on any atom is -0.507 e. The highest BCUT2D eigenvalue weighted by Crippen LogP contribution is 2.44. The highest BCUT2D eigenvalue weighted by Gasteiger charge is 2.46. The summed E-state index contributed by atoms with van der Waals surface area (Å²) < 4.78 is 45.0. The van der Waals surface area contributed by atoms with Gasteiger partial charge in [0.25, 0.3) is 11.7 Å². The van der Waals surface area contributed by atoms with Gasteiger partial charge < -0.3 is 14.7 Å². The molecule has 1 saturated heterocycles. The summed E-state index contributed by atoms with van der Waals surface area (Å²) in [5.41, 5.74) is -0.526. The summed E-state index contributed by atoms with van der Waals surface area (Å²) in [5, 5.41) is 11.5. The van der Waals surface area contributed by atoms with Crippen molar-refractivity contribution in [2.75, 3.05) is 7.11 Å². The van der Waals surface area contributed by atoms with Crippen molar-refractivity contribution in [2.45, 2.75) is 18.8 Å². The van der Waals surface area contributed by atoms with Gasteiger partial charge in [0.15, 0.2) is 0 Å². The van der Waals surface area contributed by atoms with Crippen LogP contribution in [0.25, 0.3) is 5.76 Å². The molecule has 10 heteroatoms. The first-order valence-electron chi connectivity index (χ1n) is 10.6. The number of benzene rings is 3. The zero-order valence-corrected chi connectivity index (χ0v) is 20.2. The van der Waals surface area contributed by atoms with Gasteiger partial charge in [-0.25, -0.2) is 0 Å². The van der Waals surface area contributed by atoms with Crippen molar-refractivity contribution in [3.8, 4) is 5.75 Å². The molecule has 3 aromatic carbocycles. The molecular formula is C26H18Cl2F3NO4. The molecule has 1 aliphatic rings. The van der Waals surface area contributed by atoms with Gasteiger partial charge in [0, 0.05) is 11.6 Å². The SMILES string of the molecule is COc1c(Cl)cc(Cl)cc1/C(O)=C1\C(=O)C(=O)N(Cc2cccc(C(F)(F)F)c2)C1c1ccccc1. The third-order valence-electron chi connectivity index (χ3n) is 5.73. The van der Waals surface area contributed by atoms with Gasteiger partial charge >= 0.3 is 6.18 Å². The monoisotopic (exact) mass is 535 g/mol. The number of aliphatic hydroxyl groups excluding tert-OH is 1. The van der Waals surface area contributed by atoms with Crippen molar-refractivity contribution in [3.63, 3.8) is 0 Å². The van der Waals surface area contributed by atoms with E-state index in [1.165, 1.54) is 31.4 Å². The van der Waals surface area contributed by atoms with Crippen molar-refractivity contribution >= 4 is 40.7 Å². The van der Waals surface area contributed by atoms with Gasteiger partial charge in [-0.2, -0.15) is 13.2 Å².